The number of amides is 1. The van der Waals surface area contributed by atoms with Crippen LogP contribution in [0.3, 0.4) is 0 Å². The van der Waals surface area contributed by atoms with E-state index in [2.05, 4.69) is 24.2 Å². The Morgan fingerprint density at radius 2 is 1.86 bits per heavy atom. The maximum Gasteiger partial charge on any atom is 0.264 e. The molecule has 0 bridgehead atoms. The van der Waals surface area contributed by atoms with Crippen molar-refractivity contribution in [3.8, 4) is 11.4 Å². The van der Waals surface area contributed by atoms with Crippen molar-refractivity contribution in [2.75, 3.05) is 7.11 Å². The molecule has 1 amide bonds. The number of benzene rings is 2. The maximum absolute atomic E-state index is 12.3. The zero-order chi connectivity index (χ0) is 20.4. The van der Waals surface area contributed by atoms with Gasteiger partial charge in [0.15, 0.2) is 5.17 Å². The predicted octanol–water partition coefficient (Wildman–Crippen LogP) is 4.99. The molecule has 1 fully saturated rings. The molecular formula is C23H21N3O2S. The number of nitrogens with zero attached hydrogens (tertiary/aromatic N) is 2. The number of ether oxygens (including phenoxy) is 1. The van der Waals surface area contributed by atoms with Crippen LogP contribution in [-0.2, 0) is 4.79 Å². The molecule has 0 spiro atoms. The minimum absolute atomic E-state index is 0.130. The molecule has 2 heterocycles. The second-order valence-corrected chi connectivity index (χ2v) is 7.83. The molecule has 146 valence electrons. The molecule has 1 aliphatic heterocycles. The first-order valence-electron chi connectivity index (χ1n) is 9.21. The van der Waals surface area contributed by atoms with E-state index in [1.54, 1.807) is 7.11 Å². The zero-order valence-electron chi connectivity index (χ0n) is 16.5. The molecule has 2 aromatic carbocycles. The van der Waals surface area contributed by atoms with Crippen molar-refractivity contribution in [1.82, 2.24) is 9.88 Å². The Hall–Kier alpha value is -3.25. The Kier molecular flexibility index (Phi) is 5.27. The minimum Gasteiger partial charge on any atom is -0.497 e. The molecule has 4 rings (SSSR count). The number of methoxy groups -OCH3 is 1. The highest BCUT2D eigenvalue weighted by Gasteiger charge is 2.24. The Morgan fingerprint density at radius 1 is 1.07 bits per heavy atom. The maximum atomic E-state index is 12.3. The van der Waals surface area contributed by atoms with Crippen molar-refractivity contribution in [1.29, 1.82) is 0 Å². The van der Waals surface area contributed by atoms with Gasteiger partial charge < -0.3 is 14.6 Å². The van der Waals surface area contributed by atoms with E-state index in [4.69, 9.17) is 4.74 Å². The first-order chi connectivity index (χ1) is 14.0. The first-order valence-corrected chi connectivity index (χ1v) is 10.0. The lowest BCUT2D eigenvalue weighted by Gasteiger charge is -2.04. The molecule has 0 aliphatic carbocycles. The lowest BCUT2D eigenvalue weighted by atomic mass is 10.1. The molecule has 3 aromatic rings. The van der Waals surface area contributed by atoms with Crippen molar-refractivity contribution in [2.45, 2.75) is 13.8 Å². The topological polar surface area (TPSA) is 55.6 Å². The second kappa shape index (κ2) is 8.01. The number of amidine groups is 1. The molecule has 6 heteroatoms. The second-order valence-electron chi connectivity index (χ2n) is 6.80. The Labute approximate surface area is 174 Å². The number of aromatic nitrogens is 1. The SMILES string of the molecule is COc1ccc(-n2ccc(/C=C3/SC(=Nc4ccc(C)c(C)c4)NC3=O)c2)cc1. The standard InChI is InChI=1S/C23H21N3O2S/c1-15-4-5-18(12-16(15)2)24-23-25-22(27)21(29-23)13-17-10-11-26(14-17)19-6-8-20(28-3)9-7-19/h4-14H,1-3H3,(H,24,25,27)/b21-13+. The monoisotopic (exact) mass is 403 g/mol. The number of nitrogens with one attached hydrogen (secondary N) is 1. The summed E-state index contributed by atoms with van der Waals surface area (Å²) in [5.41, 5.74) is 5.21. The van der Waals surface area contributed by atoms with Gasteiger partial charge in [-0.15, -0.1) is 0 Å². The molecule has 29 heavy (non-hydrogen) atoms. The minimum atomic E-state index is -0.130. The van der Waals surface area contributed by atoms with Gasteiger partial charge in [0.1, 0.15) is 5.75 Å². The van der Waals surface area contributed by atoms with Crippen LogP contribution < -0.4 is 10.1 Å². The summed E-state index contributed by atoms with van der Waals surface area (Å²) in [5, 5.41) is 3.44. The smallest absolute Gasteiger partial charge is 0.264 e. The average Bonchev–Trinajstić information content (AvgIpc) is 3.32. The van der Waals surface area contributed by atoms with E-state index < -0.39 is 0 Å². The number of hydrogen-bond donors (Lipinski definition) is 1. The predicted molar refractivity (Wildman–Crippen MR) is 119 cm³/mol. The lowest BCUT2D eigenvalue weighted by molar-refractivity contribution is -0.115. The molecule has 1 aromatic heterocycles. The summed E-state index contributed by atoms with van der Waals surface area (Å²) >= 11 is 1.35. The molecule has 0 atom stereocenters. The Bertz CT molecular complexity index is 1130. The fourth-order valence-corrected chi connectivity index (χ4v) is 3.80. The summed E-state index contributed by atoms with van der Waals surface area (Å²) in [5.74, 6) is 0.688. The summed E-state index contributed by atoms with van der Waals surface area (Å²) in [6.07, 6.45) is 5.83. The third-order valence-corrected chi connectivity index (χ3v) is 5.67. The number of aliphatic imine (C=N–C) groups is 1. The van der Waals surface area contributed by atoms with Crippen molar-refractivity contribution >= 4 is 34.6 Å². The fraction of sp³-hybridized carbons (Fsp3) is 0.130. The van der Waals surface area contributed by atoms with Gasteiger partial charge in [-0.2, -0.15) is 0 Å². The Morgan fingerprint density at radius 3 is 2.59 bits per heavy atom. The van der Waals surface area contributed by atoms with Crippen molar-refractivity contribution in [3.05, 3.63) is 82.5 Å². The fourth-order valence-electron chi connectivity index (χ4n) is 2.96. The summed E-state index contributed by atoms with van der Waals surface area (Å²) in [6.45, 7) is 4.12. The summed E-state index contributed by atoms with van der Waals surface area (Å²) in [4.78, 5) is 17.5. The molecule has 0 unspecified atom stereocenters. The van der Waals surface area contributed by atoms with Crippen LogP contribution in [0.4, 0.5) is 5.69 Å². The van der Waals surface area contributed by atoms with Crippen LogP contribution in [0.15, 0.2) is 70.8 Å². The highest BCUT2D eigenvalue weighted by Crippen LogP contribution is 2.29. The summed E-state index contributed by atoms with van der Waals surface area (Å²) < 4.78 is 7.21. The number of carbonyl (C=O) groups is 1. The quantitative estimate of drug-likeness (QED) is 0.624. The van der Waals surface area contributed by atoms with Crippen LogP contribution in [0.25, 0.3) is 11.8 Å². The van der Waals surface area contributed by atoms with Crippen LogP contribution in [0.5, 0.6) is 5.75 Å². The van der Waals surface area contributed by atoms with Gasteiger partial charge in [-0.05, 0) is 90.8 Å². The van der Waals surface area contributed by atoms with Crippen LogP contribution in [0, 0.1) is 13.8 Å². The molecule has 1 saturated heterocycles. The zero-order valence-corrected chi connectivity index (χ0v) is 17.3. The lowest BCUT2D eigenvalue weighted by Crippen LogP contribution is -2.19. The molecule has 0 saturated carbocycles. The highest BCUT2D eigenvalue weighted by atomic mass is 32.2. The number of rotatable bonds is 4. The number of hydrogen-bond acceptors (Lipinski definition) is 4. The van der Waals surface area contributed by atoms with E-state index in [0.29, 0.717) is 10.1 Å². The highest BCUT2D eigenvalue weighted by molar-refractivity contribution is 8.18. The molecule has 1 aliphatic rings. The average molecular weight is 404 g/mol. The number of aryl methyl sites for hydroxylation is 2. The molecule has 0 radical (unpaired) electrons. The van der Waals surface area contributed by atoms with Gasteiger partial charge in [-0.25, -0.2) is 4.99 Å². The van der Waals surface area contributed by atoms with Crippen LogP contribution in [0.2, 0.25) is 0 Å². The third-order valence-electron chi connectivity index (χ3n) is 4.76. The summed E-state index contributed by atoms with van der Waals surface area (Å²) in [6, 6.07) is 15.8. The van der Waals surface area contributed by atoms with Gasteiger partial charge >= 0.3 is 0 Å². The first kappa shape index (κ1) is 19.1. The van der Waals surface area contributed by atoms with Crippen LogP contribution in [-0.4, -0.2) is 22.8 Å². The van der Waals surface area contributed by atoms with Crippen LogP contribution in [0.1, 0.15) is 16.7 Å². The van der Waals surface area contributed by atoms with E-state index in [1.807, 2.05) is 71.6 Å². The van der Waals surface area contributed by atoms with E-state index in [1.165, 1.54) is 22.9 Å². The number of carbonyl (C=O) groups excluding carboxylic acids is 1. The largest absolute Gasteiger partial charge is 0.497 e. The number of thioether (sulfide) groups is 1. The van der Waals surface area contributed by atoms with E-state index in [-0.39, 0.29) is 5.91 Å². The van der Waals surface area contributed by atoms with E-state index >= 15 is 0 Å². The third kappa shape index (κ3) is 4.27. The van der Waals surface area contributed by atoms with Gasteiger partial charge in [0.25, 0.3) is 5.91 Å². The Balaban J connectivity index is 1.52. The van der Waals surface area contributed by atoms with Gasteiger partial charge in [0, 0.05) is 18.1 Å². The van der Waals surface area contributed by atoms with E-state index in [9.17, 15) is 4.79 Å². The van der Waals surface area contributed by atoms with Crippen LogP contribution >= 0.6 is 11.8 Å². The molecule has 5 nitrogen and oxygen atoms in total. The van der Waals surface area contributed by atoms with Crippen molar-refractivity contribution < 1.29 is 9.53 Å². The van der Waals surface area contributed by atoms with Crippen molar-refractivity contribution in [3.63, 3.8) is 0 Å². The van der Waals surface area contributed by atoms with Gasteiger partial charge in [0.2, 0.25) is 0 Å². The van der Waals surface area contributed by atoms with Gasteiger partial charge in [-0.3, -0.25) is 4.79 Å². The van der Waals surface area contributed by atoms with Gasteiger partial charge in [-0.1, -0.05) is 6.07 Å². The summed E-state index contributed by atoms with van der Waals surface area (Å²) in [7, 11) is 1.65. The molecular weight excluding hydrogens is 382 g/mol. The normalized spacial score (nSPS) is 16.4. The van der Waals surface area contributed by atoms with E-state index in [0.717, 1.165) is 22.7 Å². The molecule has 1 N–H and O–H groups in total. The van der Waals surface area contributed by atoms with Crippen molar-refractivity contribution in [2.24, 2.45) is 4.99 Å². The van der Waals surface area contributed by atoms with Gasteiger partial charge in [0.05, 0.1) is 17.7 Å².